The number of anilines is 1. The van der Waals surface area contributed by atoms with Crippen molar-refractivity contribution in [2.45, 2.75) is 6.92 Å². The van der Waals surface area contributed by atoms with E-state index >= 15 is 0 Å². The fourth-order valence-electron chi connectivity index (χ4n) is 1.57. The van der Waals surface area contributed by atoms with Gasteiger partial charge in [-0.3, -0.25) is 4.68 Å². The molecule has 1 aromatic heterocycles. The molecular weight excluding hydrogens is 230 g/mol. The van der Waals surface area contributed by atoms with Crippen LogP contribution in [0.1, 0.15) is 5.56 Å². The largest absolute Gasteiger partial charge is 0.382 e. The molecule has 0 spiro atoms. The summed E-state index contributed by atoms with van der Waals surface area (Å²) in [6, 6.07) is 4.04. The summed E-state index contributed by atoms with van der Waals surface area (Å²) in [5.74, 6) is 0.594. The lowest BCUT2D eigenvalue weighted by atomic mass is 10.1. The summed E-state index contributed by atoms with van der Waals surface area (Å²) < 4.78 is 2.82. The Bertz CT molecular complexity index is 431. The van der Waals surface area contributed by atoms with Crippen molar-refractivity contribution in [3.05, 3.63) is 22.2 Å². The van der Waals surface area contributed by atoms with Gasteiger partial charge in [-0.15, -0.1) is 0 Å². The van der Waals surface area contributed by atoms with Gasteiger partial charge in [-0.05, 0) is 34.5 Å². The van der Waals surface area contributed by atoms with E-state index < -0.39 is 0 Å². The minimum Gasteiger partial charge on any atom is -0.382 e. The molecule has 1 heterocycles. The Labute approximate surface area is 84.7 Å². The van der Waals surface area contributed by atoms with Crippen molar-refractivity contribution in [2.75, 3.05) is 5.73 Å². The van der Waals surface area contributed by atoms with Gasteiger partial charge in [0.25, 0.3) is 0 Å². The zero-order valence-corrected chi connectivity index (χ0v) is 9.09. The summed E-state index contributed by atoms with van der Waals surface area (Å²) in [4.78, 5) is 0. The van der Waals surface area contributed by atoms with Crippen LogP contribution in [0.2, 0.25) is 0 Å². The summed E-state index contributed by atoms with van der Waals surface area (Å²) in [7, 11) is 1.89. The Balaban J connectivity index is 3.03. The van der Waals surface area contributed by atoms with Crippen LogP contribution in [0.15, 0.2) is 16.6 Å². The zero-order valence-electron chi connectivity index (χ0n) is 7.50. The average Bonchev–Trinajstić information content (AvgIpc) is 2.36. The van der Waals surface area contributed by atoms with Gasteiger partial charge < -0.3 is 5.73 Å². The third kappa shape index (κ3) is 1.13. The smallest absolute Gasteiger partial charge is 0.153 e. The maximum atomic E-state index is 5.79. The van der Waals surface area contributed by atoms with E-state index in [9.17, 15) is 0 Å². The van der Waals surface area contributed by atoms with Gasteiger partial charge in [0.05, 0.1) is 5.52 Å². The fraction of sp³-hybridized carbons (Fsp3) is 0.222. The van der Waals surface area contributed by atoms with Crippen LogP contribution in [-0.2, 0) is 7.05 Å². The van der Waals surface area contributed by atoms with Gasteiger partial charge in [0, 0.05) is 16.9 Å². The predicted molar refractivity (Wildman–Crippen MR) is 57.6 cm³/mol. The molecule has 0 aliphatic heterocycles. The first-order valence-electron chi connectivity index (χ1n) is 3.98. The van der Waals surface area contributed by atoms with Crippen LogP contribution in [0.4, 0.5) is 5.82 Å². The van der Waals surface area contributed by atoms with Crippen LogP contribution in [-0.4, -0.2) is 9.78 Å². The van der Waals surface area contributed by atoms with E-state index in [0.29, 0.717) is 5.82 Å². The lowest BCUT2D eigenvalue weighted by molar-refractivity contribution is 0.800. The molecule has 2 N–H and O–H groups in total. The normalized spacial score (nSPS) is 11.0. The molecule has 0 radical (unpaired) electrons. The topological polar surface area (TPSA) is 43.8 Å². The molecule has 0 amide bonds. The molecule has 2 aromatic rings. The Morgan fingerprint density at radius 3 is 2.77 bits per heavy atom. The monoisotopic (exact) mass is 239 g/mol. The highest BCUT2D eigenvalue weighted by molar-refractivity contribution is 9.10. The minimum atomic E-state index is 0.594. The van der Waals surface area contributed by atoms with Gasteiger partial charge in [0.1, 0.15) is 0 Å². The highest BCUT2D eigenvalue weighted by atomic mass is 79.9. The van der Waals surface area contributed by atoms with Crippen molar-refractivity contribution < 1.29 is 0 Å². The van der Waals surface area contributed by atoms with Crippen molar-refractivity contribution in [3.8, 4) is 0 Å². The molecule has 13 heavy (non-hydrogen) atoms. The lowest BCUT2D eigenvalue weighted by Gasteiger charge is -1.99. The number of rotatable bonds is 0. The number of aromatic nitrogens is 2. The summed E-state index contributed by atoms with van der Waals surface area (Å²) in [5, 5.41) is 5.22. The van der Waals surface area contributed by atoms with Crippen LogP contribution < -0.4 is 5.73 Å². The maximum Gasteiger partial charge on any atom is 0.153 e. The average molecular weight is 240 g/mol. The Hall–Kier alpha value is -1.03. The summed E-state index contributed by atoms with van der Waals surface area (Å²) in [5.41, 5.74) is 8.00. The number of fused-ring (bicyclic) bond motifs is 1. The molecule has 68 valence electrons. The van der Waals surface area contributed by atoms with Gasteiger partial charge in [-0.1, -0.05) is 6.07 Å². The molecule has 2 rings (SSSR count). The summed E-state index contributed by atoms with van der Waals surface area (Å²) in [6.45, 7) is 2.03. The van der Waals surface area contributed by atoms with Crippen molar-refractivity contribution in [1.82, 2.24) is 9.78 Å². The van der Waals surface area contributed by atoms with Crippen LogP contribution in [0.25, 0.3) is 10.9 Å². The molecule has 0 saturated carbocycles. The Morgan fingerprint density at radius 1 is 1.46 bits per heavy atom. The molecule has 4 heteroatoms. The first-order valence-corrected chi connectivity index (χ1v) is 4.78. The van der Waals surface area contributed by atoms with Crippen LogP contribution in [0, 0.1) is 6.92 Å². The van der Waals surface area contributed by atoms with E-state index in [1.54, 1.807) is 4.68 Å². The van der Waals surface area contributed by atoms with Gasteiger partial charge in [0.15, 0.2) is 5.82 Å². The van der Waals surface area contributed by atoms with Crippen molar-refractivity contribution >= 4 is 32.7 Å². The van der Waals surface area contributed by atoms with Gasteiger partial charge in [-0.25, -0.2) is 0 Å². The summed E-state index contributed by atoms with van der Waals surface area (Å²) in [6.07, 6.45) is 0. The van der Waals surface area contributed by atoms with Crippen molar-refractivity contribution in [1.29, 1.82) is 0 Å². The second kappa shape index (κ2) is 2.73. The predicted octanol–water partition coefficient (Wildman–Crippen LogP) is 2.23. The van der Waals surface area contributed by atoms with Crippen LogP contribution in [0.5, 0.6) is 0 Å². The minimum absolute atomic E-state index is 0.594. The molecule has 3 nitrogen and oxygen atoms in total. The molecule has 0 unspecified atom stereocenters. The summed E-state index contributed by atoms with van der Waals surface area (Å²) >= 11 is 3.48. The number of hydrogen-bond acceptors (Lipinski definition) is 2. The fourth-order valence-corrected chi connectivity index (χ4v) is 2.15. The second-order valence-corrected chi connectivity index (χ2v) is 3.95. The van der Waals surface area contributed by atoms with E-state index in [4.69, 9.17) is 5.73 Å². The Kier molecular flexibility index (Phi) is 1.80. The maximum absolute atomic E-state index is 5.79. The van der Waals surface area contributed by atoms with E-state index in [1.807, 2.05) is 26.1 Å². The number of nitrogens with zero attached hydrogens (tertiary/aromatic N) is 2. The van der Waals surface area contributed by atoms with Gasteiger partial charge in [0.2, 0.25) is 0 Å². The molecule has 0 saturated heterocycles. The molecule has 0 fully saturated rings. The van der Waals surface area contributed by atoms with Crippen molar-refractivity contribution in [3.63, 3.8) is 0 Å². The quantitative estimate of drug-likeness (QED) is 0.767. The van der Waals surface area contributed by atoms with Crippen LogP contribution >= 0.6 is 15.9 Å². The van der Waals surface area contributed by atoms with E-state index in [1.165, 1.54) is 0 Å². The highest BCUT2D eigenvalue weighted by Gasteiger charge is 2.10. The lowest BCUT2D eigenvalue weighted by Crippen LogP contribution is -1.91. The van der Waals surface area contributed by atoms with Gasteiger partial charge in [-0.2, -0.15) is 5.10 Å². The number of aryl methyl sites for hydroxylation is 2. The molecule has 0 bridgehead atoms. The zero-order chi connectivity index (χ0) is 9.59. The molecule has 0 aliphatic carbocycles. The SMILES string of the molecule is Cc1ccc(Br)c2c1c(N)nn2C. The molecule has 0 atom stereocenters. The molecular formula is C9H10BrN3. The van der Waals surface area contributed by atoms with E-state index in [0.717, 1.165) is 20.9 Å². The number of nitrogen functional groups attached to an aromatic ring is 1. The standard InChI is InChI=1S/C9H10BrN3/c1-5-3-4-6(10)8-7(5)9(11)12-13(8)2/h3-4H,1-2H3,(H2,11,12). The Morgan fingerprint density at radius 2 is 2.15 bits per heavy atom. The first-order chi connectivity index (χ1) is 6.11. The van der Waals surface area contributed by atoms with Crippen LogP contribution in [0.3, 0.4) is 0 Å². The van der Waals surface area contributed by atoms with E-state index in [2.05, 4.69) is 21.0 Å². The number of nitrogens with two attached hydrogens (primary N) is 1. The third-order valence-electron chi connectivity index (χ3n) is 2.17. The third-order valence-corrected chi connectivity index (χ3v) is 2.81. The number of halogens is 1. The molecule has 0 aliphatic rings. The highest BCUT2D eigenvalue weighted by Crippen LogP contribution is 2.29. The van der Waals surface area contributed by atoms with E-state index in [-0.39, 0.29) is 0 Å². The second-order valence-electron chi connectivity index (χ2n) is 3.10. The number of benzene rings is 1. The first kappa shape index (κ1) is 8.56. The van der Waals surface area contributed by atoms with Crippen molar-refractivity contribution in [2.24, 2.45) is 7.05 Å². The number of hydrogen-bond donors (Lipinski definition) is 1. The van der Waals surface area contributed by atoms with Gasteiger partial charge >= 0.3 is 0 Å². The molecule has 1 aromatic carbocycles.